The number of benzene rings is 3. The van der Waals surface area contributed by atoms with Crippen LogP contribution < -0.4 is 0 Å². The average molecular weight is 434 g/mol. The number of esters is 1. The number of carboxylic acids is 1. The van der Waals surface area contributed by atoms with Crippen molar-refractivity contribution in [2.75, 3.05) is 6.61 Å². The van der Waals surface area contributed by atoms with Crippen molar-refractivity contribution < 1.29 is 29.3 Å². The topological polar surface area (TPSA) is 93.1 Å². The fraction of sp³-hybridized carbons (Fsp3) is 0.231. The molecule has 2 atom stereocenters. The zero-order chi connectivity index (χ0) is 22.8. The van der Waals surface area contributed by atoms with Crippen LogP contribution in [0.2, 0.25) is 0 Å². The van der Waals surface area contributed by atoms with Gasteiger partial charge in [-0.15, -0.1) is 0 Å². The largest absolute Gasteiger partial charge is 0.479 e. The molecule has 0 heterocycles. The first-order chi connectivity index (χ1) is 15.5. The van der Waals surface area contributed by atoms with Crippen LogP contribution in [0.3, 0.4) is 0 Å². The third-order valence-corrected chi connectivity index (χ3v) is 4.95. The monoisotopic (exact) mass is 434 g/mol. The molecule has 0 bridgehead atoms. The van der Waals surface area contributed by atoms with Gasteiger partial charge in [-0.3, -0.25) is 0 Å². The van der Waals surface area contributed by atoms with Gasteiger partial charge in [-0.1, -0.05) is 84.9 Å². The fourth-order valence-electron chi connectivity index (χ4n) is 3.22. The molecular formula is C26H26O6. The number of hydrogen-bond donors (Lipinski definition) is 2. The van der Waals surface area contributed by atoms with Crippen molar-refractivity contribution in [2.24, 2.45) is 0 Å². The molecule has 0 fully saturated rings. The second-order valence-corrected chi connectivity index (χ2v) is 7.32. The first-order valence-corrected chi connectivity index (χ1v) is 10.4. The molecule has 3 rings (SSSR count). The van der Waals surface area contributed by atoms with Crippen molar-refractivity contribution >= 4 is 22.7 Å². The van der Waals surface area contributed by atoms with E-state index in [0.29, 0.717) is 0 Å². The summed E-state index contributed by atoms with van der Waals surface area (Å²) in [7, 11) is 0. The van der Waals surface area contributed by atoms with Gasteiger partial charge in [0.1, 0.15) is 6.61 Å². The molecule has 6 heteroatoms. The Bertz CT molecular complexity index is 1060. The Labute approximate surface area is 186 Å². The lowest BCUT2D eigenvalue weighted by molar-refractivity contribution is -0.174. The summed E-state index contributed by atoms with van der Waals surface area (Å²) < 4.78 is 10.2. The minimum atomic E-state index is -1.91. The number of rotatable bonds is 11. The van der Waals surface area contributed by atoms with Crippen LogP contribution in [0.15, 0.2) is 84.9 Å². The van der Waals surface area contributed by atoms with E-state index in [9.17, 15) is 19.8 Å². The van der Waals surface area contributed by atoms with Gasteiger partial charge in [-0.25, -0.2) is 9.59 Å². The summed E-state index contributed by atoms with van der Waals surface area (Å²) >= 11 is 0. The van der Waals surface area contributed by atoms with Gasteiger partial charge in [-0.05, 0) is 34.7 Å². The number of carbonyl (C=O) groups is 2. The van der Waals surface area contributed by atoms with E-state index in [1.54, 1.807) is 30.3 Å². The Morgan fingerprint density at radius 3 is 2.34 bits per heavy atom. The third kappa shape index (κ3) is 6.77. The van der Waals surface area contributed by atoms with Crippen molar-refractivity contribution in [3.63, 3.8) is 0 Å². The van der Waals surface area contributed by atoms with Crippen molar-refractivity contribution in [1.82, 2.24) is 0 Å². The maximum absolute atomic E-state index is 12.0. The van der Waals surface area contributed by atoms with Gasteiger partial charge in [-0.2, -0.15) is 0 Å². The highest BCUT2D eigenvalue weighted by atomic mass is 16.6. The van der Waals surface area contributed by atoms with Crippen LogP contribution in [0, 0.1) is 0 Å². The Kier molecular flexibility index (Phi) is 8.54. The molecule has 166 valence electrons. The summed E-state index contributed by atoms with van der Waals surface area (Å²) in [5.74, 6) is -2.47. The van der Waals surface area contributed by atoms with Crippen LogP contribution >= 0.6 is 0 Å². The maximum atomic E-state index is 12.0. The zero-order valence-electron chi connectivity index (χ0n) is 17.6. The second-order valence-electron chi connectivity index (χ2n) is 7.32. The SMILES string of the molecule is O=C(OCc1ccccc1)[C@H](O)[C@@H](OCC=CCCc1ccc2ccccc2c1)C(=O)O. The zero-order valence-corrected chi connectivity index (χ0v) is 17.6. The molecule has 0 radical (unpaired) electrons. The molecule has 2 N–H and O–H groups in total. The fourth-order valence-corrected chi connectivity index (χ4v) is 3.22. The highest BCUT2D eigenvalue weighted by molar-refractivity contribution is 5.84. The van der Waals surface area contributed by atoms with E-state index < -0.39 is 24.1 Å². The van der Waals surface area contributed by atoms with Gasteiger partial charge in [0.15, 0.2) is 12.2 Å². The molecule has 0 aliphatic carbocycles. The molecule has 0 saturated heterocycles. The average Bonchev–Trinajstić information content (AvgIpc) is 2.82. The Balaban J connectivity index is 1.43. The molecule has 0 aliphatic rings. The summed E-state index contributed by atoms with van der Waals surface area (Å²) in [5, 5.41) is 21.7. The predicted octanol–water partition coefficient (Wildman–Crippen LogP) is 3.90. The van der Waals surface area contributed by atoms with Gasteiger partial charge in [0, 0.05) is 0 Å². The highest BCUT2D eigenvalue weighted by Gasteiger charge is 2.34. The summed E-state index contributed by atoms with van der Waals surface area (Å²) in [6.07, 6.45) is 1.53. The summed E-state index contributed by atoms with van der Waals surface area (Å²) in [5.41, 5.74) is 1.93. The summed E-state index contributed by atoms with van der Waals surface area (Å²) in [4.78, 5) is 23.4. The van der Waals surface area contributed by atoms with E-state index >= 15 is 0 Å². The van der Waals surface area contributed by atoms with Crippen LogP contribution in [0.25, 0.3) is 10.8 Å². The number of ether oxygens (including phenoxy) is 2. The van der Waals surface area contributed by atoms with Gasteiger partial charge in [0.2, 0.25) is 0 Å². The molecular weight excluding hydrogens is 408 g/mol. The molecule has 0 aliphatic heterocycles. The molecule has 0 unspecified atom stereocenters. The van der Waals surface area contributed by atoms with Crippen LogP contribution in [0.1, 0.15) is 17.5 Å². The van der Waals surface area contributed by atoms with E-state index in [1.807, 2.05) is 24.3 Å². The Morgan fingerprint density at radius 2 is 1.59 bits per heavy atom. The lowest BCUT2D eigenvalue weighted by Gasteiger charge is -2.18. The lowest BCUT2D eigenvalue weighted by atomic mass is 10.0. The van der Waals surface area contributed by atoms with Crippen LogP contribution in [-0.4, -0.2) is 41.0 Å². The van der Waals surface area contributed by atoms with Crippen LogP contribution in [0.5, 0.6) is 0 Å². The number of carboxylic acid groups (broad SMARTS) is 1. The van der Waals surface area contributed by atoms with Crippen molar-refractivity contribution in [1.29, 1.82) is 0 Å². The quantitative estimate of drug-likeness (QED) is 0.351. The summed E-state index contributed by atoms with van der Waals surface area (Å²) in [6.45, 7) is -0.102. The minimum Gasteiger partial charge on any atom is -0.479 e. The van der Waals surface area contributed by atoms with Crippen molar-refractivity contribution in [3.8, 4) is 0 Å². The first kappa shape index (κ1) is 23.2. The Morgan fingerprint density at radius 1 is 0.875 bits per heavy atom. The number of aliphatic hydroxyl groups is 1. The van der Waals surface area contributed by atoms with Gasteiger partial charge < -0.3 is 19.7 Å². The number of hydrogen-bond acceptors (Lipinski definition) is 5. The lowest BCUT2D eigenvalue weighted by Crippen LogP contribution is -2.42. The maximum Gasteiger partial charge on any atom is 0.338 e. The number of fused-ring (bicyclic) bond motifs is 1. The Hall–Kier alpha value is -3.48. The number of allylic oxidation sites excluding steroid dienone is 1. The molecule has 0 amide bonds. The van der Waals surface area contributed by atoms with E-state index in [1.165, 1.54) is 16.3 Å². The van der Waals surface area contributed by atoms with Crippen molar-refractivity contribution in [3.05, 3.63) is 96.1 Å². The van der Waals surface area contributed by atoms with E-state index in [0.717, 1.165) is 18.4 Å². The van der Waals surface area contributed by atoms with E-state index in [-0.39, 0.29) is 13.2 Å². The molecule has 32 heavy (non-hydrogen) atoms. The van der Waals surface area contributed by atoms with Gasteiger partial charge >= 0.3 is 11.9 Å². The number of aliphatic carboxylic acids is 1. The first-order valence-electron chi connectivity index (χ1n) is 10.4. The number of carbonyl (C=O) groups excluding carboxylic acids is 1. The molecule has 6 nitrogen and oxygen atoms in total. The molecule has 0 saturated carbocycles. The highest BCUT2D eigenvalue weighted by Crippen LogP contribution is 2.16. The van der Waals surface area contributed by atoms with Gasteiger partial charge in [0.05, 0.1) is 6.61 Å². The third-order valence-electron chi connectivity index (χ3n) is 4.95. The normalized spacial score (nSPS) is 13.2. The van der Waals surface area contributed by atoms with Crippen LogP contribution in [-0.2, 0) is 32.1 Å². The standard InChI is InChI=1S/C26H26O6/c27-23(26(30)32-18-20-10-3-1-4-11-20)24(25(28)29)31-16-8-2-5-9-19-14-15-21-12-6-7-13-22(21)17-19/h1-4,6-8,10-15,17,23-24,27H,5,9,16,18H2,(H,28,29)/t23-,24-/m1/s1. The van der Waals surface area contributed by atoms with E-state index in [4.69, 9.17) is 9.47 Å². The molecule has 3 aromatic carbocycles. The van der Waals surface area contributed by atoms with Crippen molar-refractivity contribution in [2.45, 2.75) is 31.7 Å². The number of aliphatic hydroxyl groups excluding tert-OH is 1. The summed E-state index contributed by atoms with van der Waals surface area (Å²) in [6, 6.07) is 23.4. The molecule has 0 spiro atoms. The van der Waals surface area contributed by atoms with Crippen LogP contribution in [0.4, 0.5) is 0 Å². The molecule has 0 aromatic heterocycles. The molecule has 3 aromatic rings. The smallest absolute Gasteiger partial charge is 0.338 e. The number of aryl methyl sites for hydroxylation is 1. The minimum absolute atomic E-state index is 0.0439. The van der Waals surface area contributed by atoms with E-state index in [2.05, 4.69) is 30.3 Å². The second kappa shape index (κ2) is 11.8. The predicted molar refractivity (Wildman–Crippen MR) is 121 cm³/mol. The van der Waals surface area contributed by atoms with Gasteiger partial charge in [0.25, 0.3) is 0 Å².